The van der Waals surface area contributed by atoms with E-state index in [1.165, 1.54) is 0 Å². The summed E-state index contributed by atoms with van der Waals surface area (Å²) in [5.41, 5.74) is 0. The van der Waals surface area contributed by atoms with E-state index in [9.17, 15) is 4.79 Å². The van der Waals surface area contributed by atoms with Crippen LogP contribution < -0.4 is 12.4 Å². The second kappa shape index (κ2) is 3.65. The van der Waals surface area contributed by atoms with Gasteiger partial charge in [0.1, 0.15) is 12.6 Å². The molecule has 4 heteroatoms. The van der Waals surface area contributed by atoms with Crippen LogP contribution in [-0.2, 0) is 4.79 Å². The van der Waals surface area contributed by atoms with Crippen LogP contribution in [-0.4, -0.2) is 36.4 Å². The molecule has 2 bridgehead atoms. The number of quaternary nitrogens is 1. The third-order valence-electron chi connectivity index (χ3n) is 3.26. The molecule has 0 spiro atoms. The third-order valence-corrected chi connectivity index (χ3v) is 3.26. The number of nitrogens with zero attached hydrogens (tertiary/aromatic N) is 2. The minimum absolute atomic E-state index is 0. The van der Waals surface area contributed by atoms with Crippen LogP contribution in [0.3, 0.4) is 0 Å². The van der Waals surface area contributed by atoms with Gasteiger partial charge in [-0.2, -0.15) is 5.26 Å². The second-order valence-electron chi connectivity index (χ2n) is 4.00. The first-order chi connectivity index (χ1) is 5.76. The zero-order chi connectivity index (χ0) is 8.60. The molecule has 0 N–H and O–H groups in total. The summed E-state index contributed by atoms with van der Waals surface area (Å²) in [6, 6.07) is 2.19. The lowest BCUT2D eigenvalue weighted by atomic mass is 9.85. The number of nitriles is 1. The maximum absolute atomic E-state index is 11.4. The molecular formula is C9H13ClN2O. The van der Waals surface area contributed by atoms with Gasteiger partial charge in [0.2, 0.25) is 0 Å². The lowest BCUT2D eigenvalue weighted by Gasteiger charge is -2.46. The molecule has 0 aromatic heterocycles. The number of Topliss-reactive ketones (excluding diaryl/α,β-unsaturated/α-hetero) is 1. The molecule has 3 nitrogen and oxygen atoms in total. The molecule has 3 aliphatic rings. The van der Waals surface area contributed by atoms with Crippen LogP contribution in [0.25, 0.3) is 0 Å². The minimum Gasteiger partial charge on any atom is -1.00 e. The maximum atomic E-state index is 11.4. The number of rotatable bonds is 1. The SMILES string of the molecule is N#CC[N+]12CCC(CC1)C(=O)C2.[Cl-]. The van der Waals surface area contributed by atoms with Gasteiger partial charge in [0.05, 0.1) is 13.1 Å². The van der Waals surface area contributed by atoms with Crippen LogP contribution in [0, 0.1) is 17.2 Å². The van der Waals surface area contributed by atoms with Crippen molar-refractivity contribution in [3.63, 3.8) is 0 Å². The molecule has 3 rings (SSSR count). The van der Waals surface area contributed by atoms with Crippen LogP contribution in [0.5, 0.6) is 0 Å². The van der Waals surface area contributed by atoms with E-state index in [1.54, 1.807) is 0 Å². The topological polar surface area (TPSA) is 40.9 Å². The number of hydrogen-bond donors (Lipinski definition) is 0. The van der Waals surface area contributed by atoms with Crippen molar-refractivity contribution in [1.29, 1.82) is 5.26 Å². The zero-order valence-corrected chi connectivity index (χ0v) is 8.26. The Morgan fingerprint density at radius 1 is 1.46 bits per heavy atom. The maximum Gasteiger partial charge on any atom is 0.190 e. The highest BCUT2D eigenvalue weighted by Gasteiger charge is 2.44. The largest absolute Gasteiger partial charge is 1.00 e. The van der Waals surface area contributed by atoms with Crippen molar-refractivity contribution in [2.24, 2.45) is 5.92 Å². The molecule has 13 heavy (non-hydrogen) atoms. The summed E-state index contributed by atoms with van der Waals surface area (Å²) < 4.78 is 0.756. The molecule has 0 aromatic rings. The van der Waals surface area contributed by atoms with Crippen molar-refractivity contribution in [2.75, 3.05) is 26.2 Å². The first-order valence-corrected chi connectivity index (χ1v) is 4.50. The number of halogens is 1. The Morgan fingerprint density at radius 2 is 2.08 bits per heavy atom. The van der Waals surface area contributed by atoms with E-state index in [0.29, 0.717) is 24.8 Å². The van der Waals surface area contributed by atoms with Gasteiger partial charge in [-0.25, -0.2) is 0 Å². The molecule has 0 aromatic carbocycles. The quantitative estimate of drug-likeness (QED) is 0.342. The van der Waals surface area contributed by atoms with Crippen LogP contribution in [0.4, 0.5) is 0 Å². The lowest BCUT2D eigenvalue weighted by Crippen LogP contribution is -3.00. The van der Waals surface area contributed by atoms with Crippen molar-refractivity contribution in [1.82, 2.24) is 0 Å². The summed E-state index contributed by atoms with van der Waals surface area (Å²) in [6.45, 7) is 3.24. The predicted octanol–water partition coefficient (Wildman–Crippen LogP) is -2.68. The molecular weight excluding hydrogens is 188 g/mol. The molecule has 0 radical (unpaired) electrons. The minimum atomic E-state index is 0. The number of fused-ring (bicyclic) bond motifs is 3. The Kier molecular flexibility index (Phi) is 2.94. The van der Waals surface area contributed by atoms with E-state index in [4.69, 9.17) is 5.26 Å². The Hall–Kier alpha value is -0.590. The molecule has 3 aliphatic heterocycles. The van der Waals surface area contributed by atoms with E-state index in [1.807, 2.05) is 0 Å². The van der Waals surface area contributed by atoms with E-state index in [0.717, 1.165) is 30.4 Å². The van der Waals surface area contributed by atoms with Crippen molar-refractivity contribution >= 4 is 5.78 Å². The molecule has 3 saturated heterocycles. The normalized spacial score (nSPS) is 36.5. The standard InChI is InChI=1S/C9H13N2O.ClH/c10-3-6-11-4-1-8(2-5-11)9(12)7-11;/h8H,1-2,4-7H2;1H/q+1;/p-1. The van der Waals surface area contributed by atoms with Gasteiger partial charge >= 0.3 is 0 Å². The summed E-state index contributed by atoms with van der Waals surface area (Å²) in [5, 5.41) is 8.64. The Balaban J connectivity index is 0.000000845. The molecule has 0 unspecified atom stereocenters. The molecule has 3 heterocycles. The van der Waals surface area contributed by atoms with Gasteiger partial charge < -0.3 is 16.9 Å². The number of hydrogen-bond acceptors (Lipinski definition) is 2. The molecule has 72 valence electrons. The van der Waals surface area contributed by atoms with Crippen molar-refractivity contribution in [3.8, 4) is 6.07 Å². The number of carbonyl (C=O) groups excluding carboxylic acids is 1. The van der Waals surface area contributed by atoms with E-state index in [2.05, 4.69) is 6.07 Å². The highest BCUT2D eigenvalue weighted by Crippen LogP contribution is 2.30. The summed E-state index contributed by atoms with van der Waals surface area (Å²) in [4.78, 5) is 11.4. The van der Waals surface area contributed by atoms with Crippen LogP contribution in [0.1, 0.15) is 12.8 Å². The van der Waals surface area contributed by atoms with Crippen molar-refractivity contribution in [2.45, 2.75) is 12.8 Å². The molecule has 0 saturated carbocycles. The lowest BCUT2D eigenvalue weighted by molar-refractivity contribution is -0.924. The average Bonchev–Trinajstić information content (AvgIpc) is 2.05. The first kappa shape index (κ1) is 10.5. The molecule has 0 aliphatic carbocycles. The molecule has 0 atom stereocenters. The van der Waals surface area contributed by atoms with Gasteiger partial charge in [-0.3, -0.25) is 4.79 Å². The van der Waals surface area contributed by atoms with E-state index < -0.39 is 0 Å². The second-order valence-corrected chi connectivity index (χ2v) is 4.00. The van der Waals surface area contributed by atoms with Gasteiger partial charge in [-0.1, -0.05) is 0 Å². The fourth-order valence-corrected chi connectivity index (χ4v) is 2.42. The van der Waals surface area contributed by atoms with Gasteiger partial charge in [0, 0.05) is 18.8 Å². The van der Waals surface area contributed by atoms with Crippen LogP contribution in [0.2, 0.25) is 0 Å². The predicted molar refractivity (Wildman–Crippen MR) is 43.1 cm³/mol. The zero-order valence-electron chi connectivity index (χ0n) is 7.50. The summed E-state index contributed by atoms with van der Waals surface area (Å²) in [7, 11) is 0. The van der Waals surface area contributed by atoms with Gasteiger partial charge in [0.25, 0.3) is 0 Å². The average molecular weight is 201 g/mol. The van der Waals surface area contributed by atoms with Gasteiger partial charge in [0.15, 0.2) is 12.3 Å². The fourth-order valence-electron chi connectivity index (χ4n) is 2.42. The highest BCUT2D eigenvalue weighted by molar-refractivity contribution is 5.83. The molecule has 0 amide bonds. The summed E-state index contributed by atoms with van der Waals surface area (Å²) >= 11 is 0. The number of carbonyl (C=O) groups is 1. The van der Waals surface area contributed by atoms with Crippen molar-refractivity contribution < 1.29 is 21.7 Å². The Labute approximate surface area is 84.3 Å². The van der Waals surface area contributed by atoms with Crippen LogP contribution in [0.15, 0.2) is 0 Å². The molecule has 3 fully saturated rings. The number of piperidine rings is 3. The monoisotopic (exact) mass is 200 g/mol. The van der Waals surface area contributed by atoms with Crippen molar-refractivity contribution in [3.05, 3.63) is 0 Å². The van der Waals surface area contributed by atoms with Crippen LogP contribution >= 0.6 is 0 Å². The Morgan fingerprint density at radius 3 is 2.54 bits per heavy atom. The smallest absolute Gasteiger partial charge is 0.190 e. The fraction of sp³-hybridized carbons (Fsp3) is 0.778. The van der Waals surface area contributed by atoms with Gasteiger partial charge in [-0.05, 0) is 0 Å². The third kappa shape index (κ3) is 1.70. The van der Waals surface area contributed by atoms with E-state index in [-0.39, 0.29) is 12.4 Å². The first-order valence-electron chi connectivity index (χ1n) is 4.50. The highest BCUT2D eigenvalue weighted by atomic mass is 35.5. The summed E-state index contributed by atoms with van der Waals surface area (Å²) in [5.74, 6) is 0.728. The van der Waals surface area contributed by atoms with E-state index >= 15 is 0 Å². The summed E-state index contributed by atoms with van der Waals surface area (Å²) in [6.07, 6.45) is 2.03. The van der Waals surface area contributed by atoms with Gasteiger partial charge in [-0.15, -0.1) is 0 Å². The number of ketones is 1. The Bertz CT molecular complexity index is 251.